The van der Waals surface area contributed by atoms with Gasteiger partial charge in [0.1, 0.15) is 10.7 Å². The molecular formula is C31H24ClN3O5. The fourth-order valence-electron chi connectivity index (χ4n) is 4.31. The van der Waals surface area contributed by atoms with Crippen molar-refractivity contribution in [1.29, 1.82) is 0 Å². The van der Waals surface area contributed by atoms with Crippen molar-refractivity contribution in [2.75, 3.05) is 22.1 Å². The van der Waals surface area contributed by atoms with Crippen molar-refractivity contribution in [1.82, 2.24) is 0 Å². The third-order valence-corrected chi connectivity index (χ3v) is 6.59. The van der Waals surface area contributed by atoms with Crippen molar-refractivity contribution >= 4 is 63.1 Å². The van der Waals surface area contributed by atoms with Gasteiger partial charge in [-0.05, 0) is 54.3 Å². The summed E-state index contributed by atoms with van der Waals surface area (Å²) in [5.41, 5.74) is 1.63. The van der Waals surface area contributed by atoms with Crippen molar-refractivity contribution in [2.45, 2.75) is 13.3 Å². The van der Waals surface area contributed by atoms with Gasteiger partial charge in [0, 0.05) is 22.3 Å². The second-order valence-corrected chi connectivity index (χ2v) is 9.39. The minimum absolute atomic E-state index is 0.141. The first-order chi connectivity index (χ1) is 19.4. The van der Waals surface area contributed by atoms with Crippen LogP contribution in [-0.4, -0.2) is 30.3 Å². The van der Waals surface area contributed by atoms with Gasteiger partial charge in [0.05, 0.1) is 17.9 Å². The lowest BCUT2D eigenvalue weighted by molar-refractivity contribution is -0.120. The molecule has 2 N–H and O–H groups in total. The van der Waals surface area contributed by atoms with Crippen LogP contribution in [0.1, 0.15) is 34.1 Å². The summed E-state index contributed by atoms with van der Waals surface area (Å²) in [5.74, 6) is -2.33. The van der Waals surface area contributed by atoms with Crippen molar-refractivity contribution < 1.29 is 23.9 Å². The molecule has 5 rings (SSSR count). The van der Waals surface area contributed by atoms with Crippen molar-refractivity contribution in [3.05, 3.63) is 113 Å². The Bertz CT molecular complexity index is 1690. The Morgan fingerprint density at radius 1 is 0.850 bits per heavy atom. The predicted molar refractivity (Wildman–Crippen MR) is 154 cm³/mol. The van der Waals surface area contributed by atoms with Crippen molar-refractivity contribution in [3.8, 4) is 0 Å². The van der Waals surface area contributed by atoms with Crippen LogP contribution >= 0.6 is 11.6 Å². The Morgan fingerprint density at radius 3 is 2.40 bits per heavy atom. The number of nitrogens with one attached hydrogen (secondary N) is 2. The highest BCUT2D eigenvalue weighted by atomic mass is 35.5. The van der Waals surface area contributed by atoms with Gasteiger partial charge in [-0.2, -0.15) is 0 Å². The summed E-state index contributed by atoms with van der Waals surface area (Å²) in [5, 5.41) is 7.41. The van der Waals surface area contributed by atoms with E-state index in [9.17, 15) is 19.2 Å². The molecule has 9 heteroatoms. The SMILES string of the molecule is CCCOC(=O)c1cccc(N2C(=O)C(Cl)=C(Nc3cccc(C(=O)Nc4cccc5ccccc45)c3)C2=O)c1. The Hall–Kier alpha value is -4.95. The van der Waals surface area contributed by atoms with E-state index in [0.29, 0.717) is 23.4 Å². The molecule has 1 aliphatic rings. The molecule has 200 valence electrons. The Labute approximate surface area is 235 Å². The lowest BCUT2D eigenvalue weighted by atomic mass is 10.1. The van der Waals surface area contributed by atoms with Crippen LogP contribution < -0.4 is 15.5 Å². The maximum Gasteiger partial charge on any atom is 0.338 e. The number of hydrogen-bond acceptors (Lipinski definition) is 6. The predicted octanol–water partition coefficient (Wildman–Crippen LogP) is 6.09. The molecule has 0 saturated carbocycles. The quantitative estimate of drug-likeness (QED) is 0.202. The zero-order chi connectivity index (χ0) is 28.2. The van der Waals surface area contributed by atoms with Gasteiger partial charge in [0.25, 0.3) is 17.7 Å². The van der Waals surface area contributed by atoms with E-state index >= 15 is 0 Å². The lowest BCUT2D eigenvalue weighted by Crippen LogP contribution is -2.32. The van der Waals surface area contributed by atoms with Gasteiger partial charge in [-0.1, -0.05) is 67.1 Å². The number of hydrogen-bond donors (Lipinski definition) is 2. The minimum Gasteiger partial charge on any atom is -0.462 e. The average Bonchev–Trinajstić information content (AvgIpc) is 3.19. The number of halogens is 1. The van der Waals surface area contributed by atoms with Gasteiger partial charge in [-0.15, -0.1) is 0 Å². The van der Waals surface area contributed by atoms with Crippen LogP contribution in [0.25, 0.3) is 10.8 Å². The number of carbonyl (C=O) groups is 4. The summed E-state index contributed by atoms with van der Waals surface area (Å²) in [6.45, 7) is 2.13. The molecular weight excluding hydrogens is 530 g/mol. The Balaban J connectivity index is 1.34. The average molecular weight is 554 g/mol. The summed E-state index contributed by atoms with van der Waals surface area (Å²) in [6.07, 6.45) is 0.662. The summed E-state index contributed by atoms with van der Waals surface area (Å²) in [6, 6.07) is 25.9. The third-order valence-electron chi connectivity index (χ3n) is 6.24. The van der Waals surface area contributed by atoms with Crippen LogP contribution in [0.15, 0.2) is 102 Å². The molecule has 3 amide bonds. The van der Waals surface area contributed by atoms with Crippen LogP contribution in [0, 0.1) is 0 Å². The second kappa shape index (κ2) is 11.4. The van der Waals surface area contributed by atoms with E-state index in [1.165, 1.54) is 18.2 Å². The second-order valence-electron chi connectivity index (χ2n) is 9.01. The number of imide groups is 1. The molecule has 0 radical (unpaired) electrons. The van der Waals surface area contributed by atoms with Gasteiger partial charge in [-0.25, -0.2) is 9.69 Å². The molecule has 1 heterocycles. The number of nitrogens with zero attached hydrogens (tertiary/aromatic N) is 1. The van der Waals surface area contributed by atoms with E-state index in [-0.39, 0.29) is 34.5 Å². The Kier molecular flexibility index (Phi) is 7.61. The molecule has 1 aliphatic heterocycles. The molecule has 0 saturated heterocycles. The first-order valence-electron chi connectivity index (χ1n) is 12.6. The number of carbonyl (C=O) groups excluding carboxylic acids is 4. The summed E-state index contributed by atoms with van der Waals surface area (Å²) in [4.78, 5) is 52.5. The van der Waals surface area contributed by atoms with E-state index in [2.05, 4.69) is 10.6 Å². The number of benzene rings is 4. The summed E-state index contributed by atoms with van der Waals surface area (Å²) < 4.78 is 5.15. The van der Waals surface area contributed by atoms with Crippen molar-refractivity contribution in [3.63, 3.8) is 0 Å². The standard InChI is InChI=1S/C31H24ClN3O5/c1-2-16-40-31(39)21-11-6-13-23(18-21)35-29(37)26(32)27(30(35)38)33-22-12-5-10-20(17-22)28(36)34-25-15-7-9-19-8-3-4-14-24(19)25/h3-15,17-18,33H,2,16H2,1H3,(H,34,36). The number of esters is 1. The van der Waals surface area contributed by atoms with Gasteiger partial charge in [-0.3, -0.25) is 14.4 Å². The lowest BCUT2D eigenvalue weighted by Gasteiger charge is -2.16. The first-order valence-corrected chi connectivity index (χ1v) is 13.0. The molecule has 4 aromatic carbocycles. The van der Waals surface area contributed by atoms with Crippen LogP contribution in [0.3, 0.4) is 0 Å². The molecule has 0 aliphatic carbocycles. The maximum absolute atomic E-state index is 13.3. The van der Waals surface area contributed by atoms with Crippen molar-refractivity contribution in [2.24, 2.45) is 0 Å². The monoisotopic (exact) mass is 553 g/mol. The van der Waals surface area contributed by atoms with Gasteiger partial charge < -0.3 is 15.4 Å². The van der Waals surface area contributed by atoms with E-state index < -0.39 is 17.8 Å². The zero-order valence-electron chi connectivity index (χ0n) is 21.4. The molecule has 0 fully saturated rings. The van der Waals surface area contributed by atoms with Gasteiger partial charge in [0.2, 0.25) is 0 Å². The van der Waals surface area contributed by atoms with Gasteiger partial charge in [0.15, 0.2) is 0 Å². The van der Waals surface area contributed by atoms with Crippen LogP contribution in [-0.2, 0) is 14.3 Å². The van der Waals surface area contributed by atoms with E-state index in [0.717, 1.165) is 15.7 Å². The number of ether oxygens (including phenoxy) is 1. The molecule has 4 aromatic rings. The fourth-order valence-corrected chi connectivity index (χ4v) is 4.52. The largest absolute Gasteiger partial charge is 0.462 e. The highest BCUT2D eigenvalue weighted by Crippen LogP contribution is 2.31. The fraction of sp³-hybridized carbons (Fsp3) is 0.0968. The molecule has 40 heavy (non-hydrogen) atoms. The minimum atomic E-state index is -0.738. The number of anilines is 3. The smallest absolute Gasteiger partial charge is 0.338 e. The molecule has 0 aromatic heterocycles. The van der Waals surface area contributed by atoms with Crippen LogP contribution in [0.4, 0.5) is 17.1 Å². The maximum atomic E-state index is 13.3. The number of amides is 3. The highest BCUT2D eigenvalue weighted by molar-refractivity contribution is 6.53. The van der Waals surface area contributed by atoms with Crippen LogP contribution in [0.2, 0.25) is 0 Å². The molecule has 0 atom stereocenters. The summed E-state index contributed by atoms with van der Waals surface area (Å²) >= 11 is 6.29. The topological polar surface area (TPSA) is 105 Å². The molecule has 0 spiro atoms. The zero-order valence-corrected chi connectivity index (χ0v) is 22.2. The number of fused-ring (bicyclic) bond motifs is 1. The molecule has 0 unspecified atom stereocenters. The normalized spacial score (nSPS) is 13.1. The number of rotatable bonds is 8. The first kappa shape index (κ1) is 26.6. The summed E-state index contributed by atoms with van der Waals surface area (Å²) in [7, 11) is 0. The van der Waals surface area contributed by atoms with Crippen LogP contribution in [0.5, 0.6) is 0 Å². The van der Waals surface area contributed by atoms with Gasteiger partial charge >= 0.3 is 5.97 Å². The molecule has 0 bridgehead atoms. The molecule has 8 nitrogen and oxygen atoms in total. The third kappa shape index (κ3) is 5.30. The van der Waals surface area contributed by atoms with E-state index in [1.807, 2.05) is 49.4 Å². The van der Waals surface area contributed by atoms with E-state index in [1.54, 1.807) is 30.3 Å². The Morgan fingerprint density at radius 2 is 1.57 bits per heavy atom. The highest BCUT2D eigenvalue weighted by Gasteiger charge is 2.39. The van der Waals surface area contributed by atoms with E-state index in [4.69, 9.17) is 16.3 Å².